The lowest BCUT2D eigenvalue weighted by Gasteiger charge is -2.30. The van der Waals surface area contributed by atoms with Gasteiger partial charge in [-0.1, -0.05) is 12.5 Å². The number of benzene rings is 1. The van der Waals surface area contributed by atoms with Gasteiger partial charge < -0.3 is 20.3 Å². The molecule has 178 valence electrons. The van der Waals surface area contributed by atoms with Crippen molar-refractivity contribution >= 4 is 17.5 Å². The molecule has 1 aromatic heterocycles. The molecule has 0 aliphatic carbocycles. The second-order valence-electron chi connectivity index (χ2n) is 8.69. The maximum Gasteiger partial charge on any atom is 0.271 e. The Bertz CT molecular complexity index is 957. The molecule has 2 aliphatic heterocycles. The molecule has 0 radical (unpaired) electrons. The summed E-state index contributed by atoms with van der Waals surface area (Å²) in [5.41, 5.74) is -0.603. The van der Waals surface area contributed by atoms with E-state index < -0.39 is 29.0 Å². The number of aromatic amines is 1. The van der Waals surface area contributed by atoms with Crippen LogP contribution in [0.25, 0.3) is 0 Å². The summed E-state index contributed by atoms with van der Waals surface area (Å²) in [5, 5.41) is 11.8. The summed E-state index contributed by atoms with van der Waals surface area (Å²) in [7, 11) is 0. The molecule has 33 heavy (non-hydrogen) atoms. The van der Waals surface area contributed by atoms with Gasteiger partial charge in [0.05, 0.1) is 18.5 Å². The largest absolute Gasteiger partial charge is 0.381 e. The topological polar surface area (TPSA) is 99.3 Å². The van der Waals surface area contributed by atoms with E-state index in [1.807, 2.05) is 0 Å². The normalized spacial score (nSPS) is 21.9. The number of carbonyl (C=O) groups excluding carboxylic acids is 2. The van der Waals surface area contributed by atoms with Crippen molar-refractivity contribution in [2.75, 3.05) is 38.2 Å². The van der Waals surface area contributed by atoms with Crippen LogP contribution >= 0.6 is 0 Å². The fraction of sp³-hybridized carbons (Fsp3) is 0.522. The van der Waals surface area contributed by atoms with Crippen LogP contribution in [-0.4, -0.2) is 65.8 Å². The van der Waals surface area contributed by atoms with Crippen LogP contribution in [0.5, 0.6) is 0 Å². The molecule has 2 amide bonds. The summed E-state index contributed by atoms with van der Waals surface area (Å²) in [6.45, 7) is 4.62. The van der Waals surface area contributed by atoms with Crippen molar-refractivity contribution in [2.24, 2.45) is 5.92 Å². The highest BCUT2D eigenvalue weighted by atomic mass is 19.1. The molecule has 8 nitrogen and oxygen atoms in total. The number of hydrogen-bond donors (Lipinski definition) is 3. The van der Waals surface area contributed by atoms with E-state index in [0.29, 0.717) is 5.92 Å². The van der Waals surface area contributed by atoms with Gasteiger partial charge in [-0.3, -0.25) is 14.7 Å². The number of anilines is 1. The van der Waals surface area contributed by atoms with Gasteiger partial charge in [0.1, 0.15) is 22.9 Å². The standard InChI is InChI=1S/C23H29F2N5O3/c24-17-5-3-6-18(25)20(17)22(31)28-19-12-26-29-21(19)23(32)27-16-4-1-2-9-30(10-7-16)13-15-8-11-33-14-15/h3,5-6,12,15-16H,1-2,4,7-11,13-14H2,(H,26,29)(H,27,32)(H,28,31). The highest BCUT2D eigenvalue weighted by molar-refractivity contribution is 6.08. The zero-order valence-electron chi connectivity index (χ0n) is 18.4. The first-order valence-corrected chi connectivity index (χ1v) is 11.4. The Balaban J connectivity index is 1.36. The molecule has 2 atom stereocenters. The van der Waals surface area contributed by atoms with E-state index in [-0.39, 0.29) is 17.4 Å². The summed E-state index contributed by atoms with van der Waals surface area (Å²) in [5.74, 6) is -2.79. The first-order chi connectivity index (χ1) is 16.0. The average Bonchev–Trinajstić information content (AvgIpc) is 3.44. The van der Waals surface area contributed by atoms with Crippen LogP contribution in [0.1, 0.15) is 53.0 Å². The van der Waals surface area contributed by atoms with Crippen LogP contribution in [0.2, 0.25) is 0 Å². The minimum absolute atomic E-state index is 0.0176. The van der Waals surface area contributed by atoms with Crippen molar-refractivity contribution < 1.29 is 23.1 Å². The lowest BCUT2D eigenvalue weighted by molar-refractivity contribution is 0.0918. The number of nitrogens with one attached hydrogen (secondary N) is 3. The fourth-order valence-corrected chi connectivity index (χ4v) is 4.45. The van der Waals surface area contributed by atoms with E-state index in [0.717, 1.165) is 77.1 Å². The second-order valence-corrected chi connectivity index (χ2v) is 8.69. The predicted molar refractivity (Wildman–Crippen MR) is 118 cm³/mol. The summed E-state index contributed by atoms with van der Waals surface area (Å²) in [6, 6.07) is 3.16. The zero-order valence-corrected chi connectivity index (χ0v) is 18.4. The Morgan fingerprint density at radius 2 is 1.94 bits per heavy atom. The molecule has 2 saturated heterocycles. The Morgan fingerprint density at radius 3 is 2.70 bits per heavy atom. The molecule has 0 saturated carbocycles. The molecule has 0 bridgehead atoms. The number of amides is 2. The number of halogens is 2. The molecule has 3 N–H and O–H groups in total. The molecule has 0 spiro atoms. The van der Waals surface area contributed by atoms with E-state index >= 15 is 0 Å². The number of carbonyl (C=O) groups is 2. The van der Waals surface area contributed by atoms with Crippen LogP contribution in [0.4, 0.5) is 14.5 Å². The Labute approximate surface area is 191 Å². The third-order valence-corrected chi connectivity index (χ3v) is 6.25. The third-order valence-electron chi connectivity index (χ3n) is 6.25. The molecule has 10 heteroatoms. The van der Waals surface area contributed by atoms with Crippen LogP contribution in [0, 0.1) is 17.6 Å². The summed E-state index contributed by atoms with van der Waals surface area (Å²) in [4.78, 5) is 27.7. The van der Waals surface area contributed by atoms with E-state index in [9.17, 15) is 18.4 Å². The predicted octanol–water partition coefficient (Wildman–Crippen LogP) is 2.95. The minimum atomic E-state index is -0.987. The molecule has 2 aromatic rings. The van der Waals surface area contributed by atoms with E-state index in [1.165, 1.54) is 12.3 Å². The number of ether oxygens (including phenoxy) is 1. The lowest BCUT2D eigenvalue weighted by Crippen LogP contribution is -2.41. The molecule has 4 rings (SSSR count). The maximum atomic E-state index is 13.9. The Hall–Kier alpha value is -2.85. The molecule has 2 fully saturated rings. The van der Waals surface area contributed by atoms with E-state index in [4.69, 9.17) is 4.74 Å². The smallest absolute Gasteiger partial charge is 0.271 e. The van der Waals surface area contributed by atoms with E-state index in [1.54, 1.807) is 0 Å². The number of likely N-dealkylation sites (tertiary alicyclic amines) is 1. The van der Waals surface area contributed by atoms with Crippen LogP contribution < -0.4 is 10.6 Å². The third kappa shape index (κ3) is 5.94. The van der Waals surface area contributed by atoms with Gasteiger partial charge in [-0.05, 0) is 50.3 Å². The number of H-pyrrole nitrogens is 1. The van der Waals surface area contributed by atoms with Gasteiger partial charge in [0.15, 0.2) is 0 Å². The fourth-order valence-electron chi connectivity index (χ4n) is 4.45. The molecular formula is C23H29F2N5O3. The van der Waals surface area contributed by atoms with Crippen LogP contribution in [0.15, 0.2) is 24.4 Å². The van der Waals surface area contributed by atoms with Gasteiger partial charge >= 0.3 is 0 Å². The second kappa shape index (κ2) is 10.8. The zero-order chi connectivity index (χ0) is 23.2. The quantitative estimate of drug-likeness (QED) is 0.614. The summed E-state index contributed by atoms with van der Waals surface area (Å²) < 4.78 is 33.3. The summed E-state index contributed by atoms with van der Waals surface area (Å²) >= 11 is 0. The highest BCUT2D eigenvalue weighted by Gasteiger charge is 2.25. The summed E-state index contributed by atoms with van der Waals surface area (Å²) in [6.07, 6.45) is 6.09. The first-order valence-electron chi connectivity index (χ1n) is 11.4. The average molecular weight is 462 g/mol. The van der Waals surface area contributed by atoms with Gasteiger partial charge in [-0.25, -0.2) is 8.78 Å². The first kappa shape index (κ1) is 23.3. The molecule has 2 aliphatic rings. The van der Waals surface area contributed by atoms with Gasteiger partial charge in [0, 0.05) is 25.7 Å². The van der Waals surface area contributed by atoms with Crippen molar-refractivity contribution in [1.29, 1.82) is 0 Å². The Morgan fingerprint density at radius 1 is 1.12 bits per heavy atom. The maximum absolute atomic E-state index is 13.9. The Kier molecular flexibility index (Phi) is 7.66. The van der Waals surface area contributed by atoms with Crippen molar-refractivity contribution in [1.82, 2.24) is 20.4 Å². The van der Waals surface area contributed by atoms with Gasteiger partial charge in [0.2, 0.25) is 0 Å². The van der Waals surface area contributed by atoms with Gasteiger partial charge in [-0.2, -0.15) is 5.10 Å². The van der Waals surface area contributed by atoms with Crippen LogP contribution in [0.3, 0.4) is 0 Å². The molecular weight excluding hydrogens is 432 g/mol. The van der Waals surface area contributed by atoms with Gasteiger partial charge in [0.25, 0.3) is 11.8 Å². The molecule has 1 aromatic carbocycles. The van der Waals surface area contributed by atoms with Gasteiger partial charge in [-0.15, -0.1) is 0 Å². The number of rotatable bonds is 6. The van der Waals surface area contributed by atoms with Crippen molar-refractivity contribution in [3.63, 3.8) is 0 Å². The highest BCUT2D eigenvalue weighted by Crippen LogP contribution is 2.20. The minimum Gasteiger partial charge on any atom is -0.381 e. The lowest BCUT2D eigenvalue weighted by atomic mass is 10.0. The monoisotopic (exact) mass is 461 g/mol. The van der Waals surface area contributed by atoms with E-state index in [2.05, 4.69) is 25.7 Å². The molecule has 2 unspecified atom stereocenters. The number of hydrogen-bond acceptors (Lipinski definition) is 5. The SMILES string of the molecule is O=C(NC1CCCCN(CC2CCOC2)CC1)c1[nH]ncc1NC(=O)c1c(F)cccc1F. The molecule has 3 heterocycles. The van der Waals surface area contributed by atoms with Crippen molar-refractivity contribution in [2.45, 2.75) is 38.1 Å². The van der Waals surface area contributed by atoms with Crippen molar-refractivity contribution in [3.8, 4) is 0 Å². The van der Waals surface area contributed by atoms with Crippen LogP contribution in [-0.2, 0) is 4.74 Å². The number of nitrogens with zero attached hydrogens (tertiary/aromatic N) is 2. The van der Waals surface area contributed by atoms with Crippen molar-refractivity contribution in [3.05, 3.63) is 47.3 Å². The number of aromatic nitrogens is 2.